The lowest BCUT2D eigenvalue weighted by Crippen LogP contribution is -2.42. The van der Waals surface area contributed by atoms with Crippen LogP contribution >= 0.6 is 11.6 Å². The van der Waals surface area contributed by atoms with Gasteiger partial charge in [0.05, 0.1) is 11.6 Å². The van der Waals surface area contributed by atoms with Crippen LogP contribution in [-0.2, 0) is 9.53 Å². The van der Waals surface area contributed by atoms with Gasteiger partial charge in [0.2, 0.25) is 0 Å². The van der Waals surface area contributed by atoms with Gasteiger partial charge >= 0.3 is 5.97 Å². The number of carbonyl (C=O) groups excluding carboxylic acids is 2. The van der Waals surface area contributed by atoms with Crippen LogP contribution < -0.4 is 14.8 Å². The smallest absolute Gasteiger partial charge is 0.343 e. The molecule has 136 valence electrons. The van der Waals surface area contributed by atoms with Crippen molar-refractivity contribution in [2.75, 3.05) is 19.8 Å². The van der Waals surface area contributed by atoms with Gasteiger partial charge in [-0.3, -0.25) is 4.79 Å². The molecule has 0 spiro atoms. The van der Waals surface area contributed by atoms with Crippen LogP contribution in [0.25, 0.3) is 0 Å². The van der Waals surface area contributed by atoms with Gasteiger partial charge in [0, 0.05) is 0 Å². The number of halogens is 2. The van der Waals surface area contributed by atoms with E-state index in [0.29, 0.717) is 11.5 Å². The van der Waals surface area contributed by atoms with Crippen molar-refractivity contribution in [3.63, 3.8) is 0 Å². The van der Waals surface area contributed by atoms with Crippen LogP contribution in [0.3, 0.4) is 0 Å². The molecule has 0 aliphatic carbocycles. The highest BCUT2D eigenvalue weighted by Crippen LogP contribution is 2.30. The molecule has 1 N–H and O–H groups in total. The second-order valence-corrected chi connectivity index (χ2v) is 5.88. The second-order valence-electron chi connectivity index (χ2n) is 5.47. The molecule has 0 fully saturated rings. The predicted octanol–water partition coefficient (Wildman–Crippen LogP) is 2.59. The maximum Gasteiger partial charge on any atom is 0.343 e. The Labute approximate surface area is 153 Å². The number of esters is 1. The number of rotatable bonds is 5. The average Bonchev–Trinajstić information content (AvgIpc) is 2.64. The molecule has 6 nitrogen and oxygen atoms in total. The Morgan fingerprint density at radius 2 is 1.96 bits per heavy atom. The monoisotopic (exact) mass is 379 g/mol. The van der Waals surface area contributed by atoms with E-state index >= 15 is 0 Å². The van der Waals surface area contributed by atoms with E-state index in [1.165, 1.54) is 12.1 Å². The minimum Gasteiger partial charge on any atom is -0.486 e. The van der Waals surface area contributed by atoms with Gasteiger partial charge in [-0.05, 0) is 24.3 Å². The van der Waals surface area contributed by atoms with E-state index < -0.39 is 29.9 Å². The molecule has 1 atom stereocenters. The van der Waals surface area contributed by atoms with Gasteiger partial charge < -0.3 is 19.5 Å². The summed E-state index contributed by atoms with van der Waals surface area (Å²) in [6, 6.07) is 11.0. The molecule has 0 saturated carbocycles. The zero-order valence-electron chi connectivity index (χ0n) is 13.5. The Morgan fingerprint density at radius 1 is 1.19 bits per heavy atom. The summed E-state index contributed by atoms with van der Waals surface area (Å²) in [6.07, 6.45) is -0.370. The first kappa shape index (κ1) is 18.0. The fraction of sp³-hybridized carbons (Fsp3) is 0.222. The molecule has 1 amide bonds. The Morgan fingerprint density at radius 3 is 2.73 bits per heavy atom. The third kappa shape index (κ3) is 4.23. The number of fused-ring (bicyclic) bond motifs is 1. The minimum absolute atomic E-state index is 0.0816. The molecule has 8 heteroatoms. The number of para-hydroxylation sites is 2. The zero-order valence-corrected chi connectivity index (χ0v) is 14.3. The third-order valence-corrected chi connectivity index (χ3v) is 3.91. The average molecular weight is 380 g/mol. The lowest BCUT2D eigenvalue weighted by molar-refractivity contribution is -0.124. The molecular weight excluding hydrogens is 365 g/mol. The van der Waals surface area contributed by atoms with Crippen molar-refractivity contribution in [2.24, 2.45) is 0 Å². The molecule has 0 saturated heterocycles. The quantitative estimate of drug-likeness (QED) is 0.808. The topological polar surface area (TPSA) is 73.9 Å². The predicted molar refractivity (Wildman–Crippen MR) is 91.1 cm³/mol. The highest BCUT2D eigenvalue weighted by Gasteiger charge is 2.22. The fourth-order valence-corrected chi connectivity index (χ4v) is 2.58. The summed E-state index contributed by atoms with van der Waals surface area (Å²) in [5, 5.41) is 2.49. The van der Waals surface area contributed by atoms with Crippen molar-refractivity contribution in [3.05, 3.63) is 58.9 Å². The molecule has 2 aromatic carbocycles. The molecule has 0 aromatic heterocycles. The number of nitrogens with one attached hydrogen (secondary N) is 1. The molecule has 3 rings (SSSR count). The molecule has 26 heavy (non-hydrogen) atoms. The van der Waals surface area contributed by atoms with Crippen LogP contribution in [0.4, 0.5) is 4.39 Å². The standard InChI is InChI=1S/C18H15ClFNO5/c19-12-4-3-5-13(20)17(12)18(23)25-10-16(22)21-8-11-9-24-14-6-1-2-7-15(14)26-11/h1-7,11H,8-10H2,(H,21,22). The lowest BCUT2D eigenvalue weighted by Gasteiger charge is -2.26. The Kier molecular flexibility index (Phi) is 5.58. The summed E-state index contributed by atoms with van der Waals surface area (Å²) >= 11 is 5.77. The van der Waals surface area contributed by atoms with Gasteiger partial charge in [-0.2, -0.15) is 0 Å². The Balaban J connectivity index is 1.46. The van der Waals surface area contributed by atoms with Crippen molar-refractivity contribution in [2.45, 2.75) is 6.10 Å². The number of ether oxygens (including phenoxy) is 3. The van der Waals surface area contributed by atoms with Gasteiger partial charge in [-0.15, -0.1) is 0 Å². The largest absolute Gasteiger partial charge is 0.486 e. The van der Waals surface area contributed by atoms with Crippen LogP contribution in [0.15, 0.2) is 42.5 Å². The summed E-state index contributed by atoms with van der Waals surface area (Å²) in [7, 11) is 0. The number of amides is 1. The first-order chi connectivity index (χ1) is 12.5. The maximum absolute atomic E-state index is 13.6. The van der Waals surface area contributed by atoms with E-state index in [-0.39, 0.29) is 24.3 Å². The maximum atomic E-state index is 13.6. The van der Waals surface area contributed by atoms with Gasteiger partial charge in [0.25, 0.3) is 5.91 Å². The van der Waals surface area contributed by atoms with E-state index in [0.717, 1.165) is 6.07 Å². The zero-order chi connectivity index (χ0) is 18.5. The number of benzene rings is 2. The number of hydrogen-bond donors (Lipinski definition) is 1. The molecule has 0 bridgehead atoms. The van der Waals surface area contributed by atoms with Crippen LogP contribution in [0.1, 0.15) is 10.4 Å². The van der Waals surface area contributed by atoms with E-state index in [2.05, 4.69) is 5.32 Å². The second kappa shape index (κ2) is 8.05. The van der Waals surface area contributed by atoms with Gasteiger partial charge in [-0.25, -0.2) is 9.18 Å². The summed E-state index contributed by atoms with van der Waals surface area (Å²) < 4.78 is 29.6. The Hall–Kier alpha value is -2.80. The third-order valence-electron chi connectivity index (χ3n) is 3.60. The van der Waals surface area contributed by atoms with Crippen molar-refractivity contribution in [1.82, 2.24) is 5.32 Å². The highest BCUT2D eigenvalue weighted by molar-refractivity contribution is 6.33. The van der Waals surface area contributed by atoms with Crippen molar-refractivity contribution in [3.8, 4) is 11.5 Å². The highest BCUT2D eigenvalue weighted by atomic mass is 35.5. The molecule has 2 aromatic rings. The van der Waals surface area contributed by atoms with Crippen molar-refractivity contribution < 1.29 is 28.2 Å². The van der Waals surface area contributed by atoms with Gasteiger partial charge in [0.1, 0.15) is 24.1 Å². The van der Waals surface area contributed by atoms with Crippen LogP contribution in [-0.4, -0.2) is 37.7 Å². The molecule has 1 aliphatic heterocycles. The summed E-state index contributed by atoms with van der Waals surface area (Å²) in [5.41, 5.74) is -0.400. The fourth-order valence-electron chi connectivity index (χ4n) is 2.34. The van der Waals surface area contributed by atoms with E-state index in [1.807, 2.05) is 12.1 Å². The normalized spacial score (nSPS) is 15.2. The molecular formula is C18H15ClFNO5. The van der Waals surface area contributed by atoms with Gasteiger partial charge in [-0.1, -0.05) is 29.8 Å². The molecule has 0 radical (unpaired) electrons. The van der Waals surface area contributed by atoms with E-state index in [4.69, 9.17) is 25.8 Å². The molecule has 1 heterocycles. The van der Waals surface area contributed by atoms with Crippen molar-refractivity contribution in [1.29, 1.82) is 0 Å². The lowest BCUT2D eigenvalue weighted by atomic mass is 10.2. The number of carbonyl (C=O) groups is 2. The van der Waals surface area contributed by atoms with Gasteiger partial charge in [0.15, 0.2) is 18.1 Å². The minimum atomic E-state index is -1.01. The van der Waals surface area contributed by atoms with Crippen molar-refractivity contribution >= 4 is 23.5 Å². The molecule has 1 unspecified atom stereocenters. The summed E-state index contributed by atoms with van der Waals surface area (Å²) in [5.74, 6) is -1.12. The molecule has 1 aliphatic rings. The number of hydrogen-bond acceptors (Lipinski definition) is 5. The first-order valence-electron chi connectivity index (χ1n) is 7.81. The van der Waals surface area contributed by atoms with Crippen LogP contribution in [0.5, 0.6) is 11.5 Å². The van der Waals surface area contributed by atoms with Crippen LogP contribution in [0, 0.1) is 5.82 Å². The van der Waals surface area contributed by atoms with Crippen LogP contribution in [0.2, 0.25) is 5.02 Å². The summed E-state index contributed by atoms with van der Waals surface area (Å²) in [6.45, 7) is -0.110. The van der Waals surface area contributed by atoms with E-state index in [1.54, 1.807) is 12.1 Å². The van der Waals surface area contributed by atoms with E-state index in [9.17, 15) is 14.0 Å². The summed E-state index contributed by atoms with van der Waals surface area (Å²) in [4.78, 5) is 23.7. The Bertz CT molecular complexity index is 809. The first-order valence-corrected chi connectivity index (χ1v) is 8.18. The SMILES string of the molecule is O=C(COC(=O)c1c(F)cccc1Cl)NCC1COc2ccccc2O1.